The third-order valence-electron chi connectivity index (χ3n) is 4.69. The lowest BCUT2D eigenvalue weighted by Gasteiger charge is -2.15. The molecule has 1 amide bonds. The van der Waals surface area contributed by atoms with E-state index in [2.05, 4.69) is 5.32 Å². The Hall–Kier alpha value is -3.20. The maximum atomic E-state index is 13.7. The number of amides is 1. The molecule has 1 heterocycles. The molecule has 0 aliphatic rings. The lowest BCUT2D eigenvalue weighted by atomic mass is 10.1. The molecule has 0 aliphatic carbocycles. The fourth-order valence-corrected chi connectivity index (χ4v) is 3.12. The summed E-state index contributed by atoms with van der Waals surface area (Å²) >= 11 is 0. The number of alkyl halides is 3. The molecule has 31 heavy (non-hydrogen) atoms. The average Bonchev–Trinajstić information content (AvgIpc) is 2.67. The van der Waals surface area contributed by atoms with Crippen molar-refractivity contribution in [1.82, 2.24) is 4.57 Å². The van der Waals surface area contributed by atoms with Crippen LogP contribution in [0.15, 0.2) is 53.5 Å². The van der Waals surface area contributed by atoms with Gasteiger partial charge < -0.3 is 15.0 Å². The van der Waals surface area contributed by atoms with Gasteiger partial charge in [0.05, 0.1) is 24.6 Å². The first kappa shape index (κ1) is 24.1. The Morgan fingerprint density at radius 2 is 1.87 bits per heavy atom. The van der Waals surface area contributed by atoms with Crippen LogP contribution in [0, 0.1) is 5.82 Å². The molecule has 3 aromatic rings. The van der Waals surface area contributed by atoms with Crippen LogP contribution in [0.4, 0.5) is 23.2 Å². The smallest absolute Gasteiger partial charge is 0.394 e. The molecule has 0 fully saturated rings. The molecule has 5 nitrogen and oxygen atoms in total. The Balaban J connectivity index is 0.00000341. The quantitative estimate of drug-likeness (QED) is 0.575. The number of hydrogen-bond acceptors (Lipinski definition) is 3. The van der Waals surface area contributed by atoms with Crippen LogP contribution in [-0.2, 0) is 17.4 Å². The minimum atomic E-state index is -4.81. The SMILES string of the molecule is C.C[C@@H](CO)n1ccc2c(NC(=O)Cc3ccc(C(F)(F)F)c(F)c3)cccc2c1=O. The van der Waals surface area contributed by atoms with E-state index in [4.69, 9.17) is 0 Å². The van der Waals surface area contributed by atoms with Crippen molar-refractivity contribution >= 4 is 22.4 Å². The summed E-state index contributed by atoms with van der Waals surface area (Å²) in [4.78, 5) is 25.0. The van der Waals surface area contributed by atoms with Crippen molar-refractivity contribution < 1.29 is 27.5 Å². The molecule has 2 N–H and O–H groups in total. The Kier molecular flexibility index (Phi) is 7.22. The predicted molar refractivity (Wildman–Crippen MR) is 110 cm³/mol. The Morgan fingerprint density at radius 1 is 1.16 bits per heavy atom. The van der Waals surface area contributed by atoms with Crippen molar-refractivity contribution in [2.75, 3.05) is 11.9 Å². The van der Waals surface area contributed by atoms with Crippen molar-refractivity contribution in [3.8, 4) is 0 Å². The predicted octanol–water partition coefficient (Wildman–Crippen LogP) is 4.53. The molecular weight excluding hydrogens is 416 g/mol. The van der Waals surface area contributed by atoms with Gasteiger partial charge in [-0.2, -0.15) is 13.2 Å². The molecule has 1 atom stereocenters. The van der Waals surface area contributed by atoms with Crippen LogP contribution in [0.3, 0.4) is 0 Å². The normalized spacial score (nSPS) is 12.3. The van der Waals surface area contributed by atoms with Crippen LogP contribution < -0.4 is 10.9 Å². The summed E-state index contributed by atoms with van der Waals surface area (Å²) in [5.74, 6) is -2.02. The number of aliphatic hydroxyl groups is 1. The molecule has 9 heteroatoms. The summed E-state index contributed by atoms with van der Waals surface area (Å²) in [7, 11) is 0. The molecule has 1 aromatic heterocycles. The van der Waals surface area contributed by atoms with E-state index in [1.165, 1.54) is 10.8 Å². The molecule has 0 saturated heterocycles. The number of carbonyl (C=O) groups is 1. The highest BCUT2D eigenvalue weighted by atomic mass is 19.4. The summed E-state index contributed by atoms with van der Waals surface area (Å²) in [5, 5.41) is 12.7. The highest BCUT2D eigenvalue weighted by molar-refractivity contribution is 6.02. The average molecular weight is 438 g/mol. The number of nitrogens with one attached hydrogen (secondary N) is 1. The van der Waals surface area contributed by atoms with Gasteiger partial charge in [0.2, 0.25) is 5.91 Å². The molecule has 0 bridgehead atoms. The van der Waals surface area contributed by atoms with Crippen molar-refractivity contribution in [3.05, 3.63) is 76.0 Å². The summed E-state index contributed by atoms with van der Waals surface area (Å²) in [6, 6.07) is 8.26. The summed E-state index contributed by atoms with van der Waals surface area (Å²) < 4.78 is 53.0. The van der Waals surface area contributed by atoms with Gasteiger partial charge in [0, 0.05) is 22.7 Å². The number of anilines is 1. The van der Waals surface area contributed by atoms with E-state index in [0.717, 1.165) is 6.07 Å². The van der Waals surface area contributed by atoms with Gasteiger partial charge in [0.1, 0.15) is 5.82 Å². The fourth-order valence-electron chi connectivity index (χ4n) is 3.12. The number of rotatable bonds is 5. The molecule has 0 spiro atoms. The lowest BCUT2D eigenvalue weighted by molar-refractivity contribution is -0.140. The zero-order chi connectivity index (χ0) is 22.1. The molecule has 3 rings (SSSR count). The van der Waals surface area contributed by atoms with Gasteiger partial charge in [-0.05, 0) is 42.8 Å². The minimum Gasteiger partial charge on any atom is -0.394 e. The second kappa shape index (κ2) is 9.30. The first-order chi connectivity index (χ1) is 14.1. The van der Waals surface area contributed by atoms with E-state index in [9.17, 15) is 32.3 Å². The Morgan fingerprint density at radius 3 is 2.48 bits per heavy atom. The largest absolute Gasteiger partial charge is 0.419 e. The number of fused-ring (bicyclic) bond motifs is 1. The summed E-state index contributed by atoms with van der Waals surface area (Å²) in [5.41, 5.74) is -1.31. The van der Waals surface area contributed by atoms with Gasteiger partial charge in [-0.25, -0.2) is 4.39 Å². The van der Waals surface area contributed by atoms with Crippen LogP contribution in [-0.4, -0.2) is 22.2 Å². The van der Waals surface area contributed by atoms with Crippen molar-refractivity contribution in [2.45, 2.75) is 33.0 Å². The van der Waals surface area contributed by atoms with Crippen molar-refractivity contribution in [3.63, 3.8) is 0 Å². The molecule has 0 unspecified atom stereocenters. The monoisotopic (exact) mass is 438 g/mol. The highest BCUT2D eigenvalue weighted by Gasteiger charge is 2.33. The molecule has 0 aliphatic heterocycles. The van der Waals surface area contributed by atoms with E-state index in [0.29, 0.717) is 28.6 Å². The number of aromatic nitrogens is 1. The van der Waals surface area contributed by atoms with Gasteiger partial charge in [-0.3, -0.25) is 9.59 Å². The number of aliphatic hydroxyl groups excluding tert-OH is 1. The molecule has 2 aromatic carbocycles. The third kappa shape index (κ3) is 5.11. The fraction of sp³-hybridized carbons (Fsp3) is 0.273. The van der Waals surface area contributed by atoms with Crippen LogP contribution >= 0.6 is 0 Å². The van der Waals surface area contributed by atoms with Crippen LogP contribution in [0.2, 0.25) is 0 Å². The van der Waals surface area contributed by atoms with Gasteiger partial charge in [0.15, 0.2) is 0 Å². The summed E-state index contributed by atoms with van der Waals surface area (Å²) in [6.45, 7) is 1.47. The number of hydrogen-bond donors (Lipinski definition) is 2. The standard InChI is InChI=1S/C21H18F4N2O3.CH4/c1-12(11-28)27-8-7-14-15(20(27)30)3-2-4-18(14)26-19(29)10-13-5-6-16(17(22)9-13)21(23,24)25;/h2-9,12,28H,10-11H2,1H3,(H,26,29);1H4/t12-;/m0./s1. The first-order valence-electron chi connectivity index (χ1n) is 9.02. The summed E-state index contributed by atoms with van der Waals surface area (Å²) in [6.07, 6.45) is -3.65. The van der Waals surface area contributed by atoms with Gasteiger partial charge in [-0.15, -0.1) is 0 Å². The zero-order valence-electron chi connectivity index (χ0n) is 15.8. The van der Waals surface area contributed by atoms with E-state index in [-0.39, 0.29) is 31.6 Å². The minimum absolute atomic E-state index is 0. The van der Waals surface area contributed by atoms with Crippen LogP contribution in [0.1, 0.15) is 31.5 Å². The van der Waals surface area contributed by atoms with Gasteiger partial charge in [-0.1, -0.05) is 19.6 Å². The molecule has 0 radical (unpaired) electrons. The second-order valence-corrected chi connectivity index (χ2v) is 6.86. The maximum absolute atomic E-state index is 13.7. The highest BCUT2D eigenvalue weighted by Crippen LogP contribution is 2.31. The van der Waals surface area contributed by atoms with E-state index >= 15 is 0 Å². The number of halogens is 4. The van der Waals surface area contributed by atoms with E-state index in [1.807, 2.05) is 0 Å². The molecule has 166 valence electrons. The zero-order valence-corrected chi connectivity index (χ0v) is 15.8. The third-order valence-corrected chi connectivity index (χ3v) is 4.69. The maximum Gasteiger partial charge on any atom is 0.419 e. The number of nitrogens with zero attached hydrogens (tertiary/aromatic N) is 1. The van der Waals surface area contributed by atoms with Gasteiger partial charge >= 0.3 is 6.18 Å². The van der Waals surface area contributed by atoms with E-state index in [1.54, 1.807) is 31.2 Å². The molecular formula is C22H22F4N2O3. The second-order valence-electron chi connectivity index (χ2n) is 6.86. The Bertz CT molecular complexity index is 1160. The Labute approximate surface area is 175 Å². The van der Waals surface area contributed by atoms with Crippen LogP contribution in [0.5, 0.6) is 0 Å². The number of pyridine rings is 1. The van der Waals surface area contributed by atoms with Gasteiger partial charge in [0.25, 0.3) is 5.56 Å². The number of carbonyl (C=O) groups excluding carboxylic acids is 1. The van der Waals surface area contributed by atoms with Crippen molar-refractivity contribution in [2.24, 2.45) is 0 Å². The van der Waals surface area contributed by atoms with Crippen molar-refractivity contribution in [1.29, 1.82) is 0 Å². The van der Waals surface area contributed by atoms with Crippen LogP contribution in [0.25, 0.3) is 10.8 Å². The number of benzene rings is 2. The first-order valence-corrected chi connectivity index (χ1v) is 9.02. The lowest BCUT2D eigenvalue weighted by Crippen LogP contribution is -2.25. The topological polar surface area (TPSA) is 71.3 Å². The molecule has 0 saturated carbocycles. The van der Waals surface area contributed by atoms with E-state index < -0.39 is 29.5 Å².